The van der Waals surface area contributed by atoms with Crippen molar-refractivity contribution in [3.8, 4) is 11.5 Å². The molecule has 6 heteroatoms. The van der Waals surface area contributed by atoms with Crippen molar-refractivity contribution in [3.63, 3.8) is 0 Å². The van der Waals surface area contributed by atoms with E-state index in [0.717, 1.165) is 31.1 Å². The average molecular weight is 372 g/mol. The number of rotatable bonds is 4. The van der Waals surface area contributed by atoms with Crippen molar-refractivity contribution in [2.24, 2.45) is 7.05 Å². The third-order valence-corrected chi connectivity index (χ3v) is 4.84. The first kappa shape index (κ1) is 19.3. The van der Waals surface area contributed by atoms with Crippen LogP contribution in [0.4, 0.5) is 0 Å². The molecule has 2 aromatic rings. The van der Waals surface area contributed by atoms with E-state index in [9.17, 15) is 9.59 Å². The minimum absolute atomic E-state index is 0.122. The number of nitrogens with one attached hydrogen (secondary N) is 1. The van der Waals surface area contributed by atoms with Crippen molar-refractivity contribution in [2.75, 3.05) is 7.11 Å². The highest BCUT2D eigenvalue weighted by Gasteiger charge is 2.24. The SMILES string of the molecule is COc1ccc2cc(C(=O)NC(C)(C)C)c(=O)n(C)c2c1OC1CCCC1. The maximum absolute atomic E-state index is 12.9. The predicted octanol–water partition coefficient (Wildman–Crippen LogP) is 3.40. The molecule has 0 spiro atoms. The zero-order valence-electron chi connectivity index (χ0n) is 16.7. The van der Waals surface area contributed by atoms with Crippen LogP contribution in [0.2, 0.25) is 0 Å². The van der Waals surface area contributed by atoms with Gasteiger partial charge in [-0.15, -0.1) is 0 Å². The number of hydrogen-bond acceptors (Lipinski definition) is 4. The Hall–Kier alpha value is -2.50. The van der Waals surface area contributed by atoms with Gasteiger partial charge in [-0.3, -0.25) is 9.59 Å². The molecule has 1 N–H and O–H groups in total. The van der Waals surface area contributed by atoms with Crippen molar-refractivity contribution >= 4 is 16.8 Å². The van der Waals surface area contributed by atoms with Gasteiger partial charge < -0.3 is 19.4 Å². The van der Waals surface area contributed by atoms with Crippen molar-refractivity contribution < 1.29 is 14.3 Å². The molecule has 1 aliphatic rings. The molecule has 1 aromatic heterocycles. The normalized spacial score (nSPS) is 15.1. The molecule has 0 aliphatic heterocycles. The number of benzene rings is 1. The van der Waals surface area contributed by atoms with Gasteiger partial charge in [0.05, 0.1) is 18.7 Å². The molecule has 27 heavy (non-hydrogen) atoms. The lowest BCUT2D eigenvalue weighted by atomic mass is 10.1. The molecule has 1 aromatic carbocycles. The number of hydrogen-bond donors (Lipinski definition) is 1. The number of carbonyl (C=O) groups excluding carboxylic acids is 1. The molecular weight excluding hydrogens is 344 g/mol. The molecule has 1 amide bonds. The summed E-state index contributed by atoms with van der Waals surface area (Å²) < 4.78 is 13.2. The summed E-state index contributed by atoms with van der Waals surface area (Å²) in [5, 5.41) is 3.62. The van der Waals surface area contributed by atoms with E-state index < -0.39 is 5.54 Å². The number of aromatic nitrogens is 1. The lowest BCUT2D eigenvalue weighted by Crippen LogP contribution is -2.43. The third kappa shape index (κ3) is 3.94. The van der Waals surface area contributed by atoms with E-state index in [2.05, 4.69) is 5.32 Å². The second-order valence-corrected chi connectivity index (χ2v) is 8.19. The minimum Gasteiger partial charge on any atom is -0.493 e. The van der Waals surface area contributed by atoms with Gasteiger partial charge in [0.15, 0.2) is 11.5 Å². The highest BCUT2D eigenvalue weighted by molar-refractivity contribution is 5.99. The molecule has 0 atom stereocenters. The monoisotopic (exact) mass is 372 g/mol. The summed E-state index contributed by atoms with van der Waals surface area (Å²) in [6.45, 7) is 5.65. The van der Waals surface area contributed by atoms with Crippen molar-refractivity contribution in [1.82, 2.24) is 9.88 Å². The maximum atomic E-state index is 12.9. The molecule has 1 heterocycles. The van der Waals surface area contributed by atoms with Crippen LogP contribution in [-0.4, -0.2) is 29.2 Å². The Bertz CT molecular complexity index is 918. The number of amides is 1. The topological polar surface area (TPSA) is 69.6 Å². The smallest absolute Gasteiger partial charge is 0.263 e. The van der Waals surface area contributed by atoms with Crippen LogP contribution in [0.25, 0.3) is 10.9 Å². The fourth-order valence-corrected chi connectivity index (χ4v) is 3.55. The summed E-state index contributed by atoms with van der Waals surface area (Å²) in [7, 11) is 3.26. The summed E-state index contributed by atoms with van der Waals surface area (Å²) in [6.07, 6.45) is 4.42. The zero-order chi connectivity index (χ0) is 19.8. The van der Waals surface area contributed by atoms with Gasteiger partial charge in [-0.25, -0.2) is 0 Å². The molecule has 0 bridgehead atoms. The third-order valence-electron chi connectivity index (χ3n) is 4.84. The van der Waals surface area contributed by atoms with Crippen LogP contribution < -0.4 is 20.3 Å². The van der Waals surface area contributed by atoms with Crippen LogP contribution in [0.3, 0.4) is 0 Å². The molecular formula is C21H28N2O4. The first-order valence-electron chi connectivity index (χ1n) is 9.41. The number of fused-ring (bicyclic) bond motifs is 1. The Balaban J connectivity index is 2.14. The number of methoxy groups -OCH3 is 1. The van der Waals surface area contributed by atoms with Gasteiger partial charge in [0.25, 0.3) is 11.5 Å². The molecule has 0 unspecified atom stereocenters. The Morgan fingerprint density at radius 2 is 1.89 bits per heavy atom. The van der Waals surface area contributed by atoms with Gasteiger partial charge >= 0.3 is 0 Å². The summed E-state index contributed by atoms with van der Waals surface area (Å²) in [4.78, 5) is 25.5. The van der Waals surface area contributed by atoms with Crippen molar-refractivity contribution in [3.05, 3.63) is 34.1 Å². The average Bonchev–Trinajstić information content (AvgIpc) is 3.09. The van der Waals surface area contributed by atoms with Crippen LogP contribution in [0, 0.1) is 0 Å². The lowest BCUT2D eigenvalue weighted by Gasteiger charge is -2.22. The van der Waals surface area contributed by atoms with Gasteiger partial charge in [0.1, 0.15) is 5.56 Å². The zero-order valence-corrected chi connectivity index (χ0v) is 16.7. The van der Waals surface area contributed by atoms with E-state index in [-0.39, 0.29) is 23.1 Å². The van der Waals surface area contributed by atoms with Gasteiger partial charge in [0.2, 0.25) is 0 Å². The second-order valence-electron chi connectivity index (χ2n) is 8.19. The van der Waals surface area contributed by atoms with E-state index in [1.165, 1.54) is 4.57 Å². The first-order chi connectivity index (χ1) is 12.7. The molecule has 1 fully saturated rings. The van der Waals surface area contributed by atoms with E-state index >= 15 is 0 Å². The summed E-state index contributed by atoms with van der Waals surface area (Å²) in [6, 6.07) is 5.31. The highest BCUT2D eigenvalue weighted by Crippen LogP contribution is 2.37. The number of ether oxygens (including phenoxy) is 2. The fraction of sp³-hybridized carbons (Fsp3) is 0.524. The van der Waals surface area contributed by atoms with Crippen LogP contribution in [0.1, 0.15) is 56.8 Å². The van der Waals surface area contributed by atoms with Crippen molar-refractivity contribution in [1.29, 1.82) is 0 Å². The van der Waals surface area contributed by atoms with Crippen LogP contribution in [0.15, 0.2) is 23.0 Å². The molecule has 3 rings (SSSR count). The van der Waals surface area contributed by atoms with E-state index in [0.29, 0.717) is 17.0 Å². The van der Waals surface area contributed by atoms with Crippen LogP contribution in [0.5, 0.6) is 11.5 Å². The molecule has 0 radical (unpaired) electrons. The van der Waals surface area contributed by atoms with Gasteiger partial charge in [-0.1, -0.05) is 0 Å². The number of carbonyl (C=O) groups is 1. The van der Waals surface area contributed by atoms with Crippen LogP contribution >= 0.6 is 0 Å². The highest BCUT2D eigenvalue weighted by atomic mass is 16.5. The maximum Gasteiger partial charge on any atom is 0.263 e. The quantitative estimate of drug-likeness (QED) is 0.893. The van der Waals surface area contributed by atoms with E-state index in [4.69, 9.17) is 9.47 Å². The number of aryl methyl sites for hydroxylation is 1. The molecule has 146 valence electrons. The minimum atomic E-state index is -0.423. The van der Waals surface area contributed by atoms with Crippen LogP contribution in [-0.2, 0) is 7.05 Å². The predicted molar refractivity (Wildman–Crippen MR) is 106 cm³/mol. The first-order valence-corrected chi connectivity index (χ1v) is 9.41. The summed E-state index contributed by atoms with van der Waals surface area (Å²) in [5.41, 5.74) is -0.00232. The Kier molecular flexibility index (Phi) is 5.18. The van der Waals surface area contributed by atoms with Gasteiger partial charge in [0, 0.05) is 18.0 Å². The lowest BCUT2D eigenvalue weighted by molar-refractivity contribution is 0.0917. The molecule has 6 nitrogen and oxygen atoms in total. The van der Waals surface area contributed by atoms with E-state index in [1.54, 1.807) is 20.2 Å². The molecule has 1 saturated carbocycles. The fourth-order valence-electron chi connectivity index (χ4n) is 3.55. The summed E-state index contributed by atoms with van der Waals surface area (Å²) >= 11 is 0. The molecule has 0 saturated heterocycles. The Morgan fingerprint density at radius 1 is 1.22 bits per heavy atom. The number of nitrogens with zero attached hydrogens (tertiary/aromatic N) is 1. The largest absolute Gasteiger partial charge is 0.493 e. The number of pyridine rings is 1. The van der Waals surface area contributed by atoms with Crippen molar-refractivity contribution in [2.45, 2.75) is 58.1 Å². The standard InChI is InChI=1S/C21H28N2O4/c1-21(2,3)22-19(24)15-12-13-10-11-16(26-5)18(17(13)23(4)20(15)25)27-14-8-6-7-9-14/h10-12,14H,6-9H2,1-5H3,(H,22,24). The van der Waals surface area contributed by atoms with E-state index in [1.807, 2.05) is 32.9 Å². The van der Waals surface area contributed by atoms with Gasteiger partial charge in [-0.2, -0.15) is 0 Å². The molecule has 1 aliphatic carbocycles. The summed E-state index contributed by atoms with van der Waals surface area (Å²) in [5.74, 6) is 0.791. The second kappa shape index (κ2) is 7.25. The Labute approximate surface area is 159 Å². The Morgan fingerprint density at radius 3 is 2.48 bits per heavy atom. The van der Waals surface area contributed by atoms with Gasteiger partial charge in [-0.05, 0) is 64.7 Å².